The number of unbranched alkanes of at least 4 members (excludes halogenated alkanes) is 1. The summed E-state index contributed by atoms with van der Waals surface area (Å²) in [5, 5.41) is 0. The molecule has 0 saturated carbocycles. The van der Waals surface area contributed by atoms with Crippen LogP contribution in [-0.2, 0) is 12.0 Å². The maximum absolute atomic E-state index is 5.80. The van der Waals surface area contributed by atoms with Crippen molar-refractivity contribution in [1.82, 2.24) is 0 Å². The first kappa shape index (κ1) is 14.6. The summed E-state index contributed by atoms with van der Waals surface area (Å²) in [7, 11) is 0. The minimum Gasteiger partial charge on any atom is -0.326 e. The molecule has 0 amide bonds. The van der Waals surface area contributed by atoms with Crippen LogP contribution in [0.15, 0.2) is 23.1 Å². The van der Waals surface area contributed by atoms with Crippen LogP contribution in [0.3, 0.4) is 0 Å². The third-order valence-electron chi connectivity index (χ3n) is 2.91. The minimum absolute atomic E-state index is 0.215. The Morgan fingerprint density at radius 3 is 2.47 bits per heavy atom. The van der Waals surface area contributed by atoms with Crippen LogP contribution in [0.4, 0.5) is 0 Å². The second-order valence-corrected chi connectivity index (χ2v) is 6.62. The summed E-state index contributed by atoms with van der Waals surface area (Å²) in [6, 6.07) is 6.73. The Balaban J connectivity index is 2.90. The average Bonchev–Trinajstić information content (AvgIpc) is 2.28. The van der Waals surface area contributed by atoms with Crippen molar-refractivity contribution in [2.75, 3.05) is 5.75 Å². The van der Waals surface area contributed by atoms with Crippen molar-refractivity contribution in [3.63, 3.8) is 0 Å². The Morgan fingerprint density at radius 2 is 1.94 bits per heavy atom. The Morgan fingerprint density at radius 1 is 1.24 bits per heavy atom. The molecule has 0 atom stereocenters. The molecule has 2 N–H and O–H groups in total. The summed E-state index contributed by atoms with van der Waals surface area (Å²) in [6.45, 7) is 9.63. The maximum atomic E-state index is 5.80. The SMILES string of the molecule is CCCCSc1cc(C(C)(C)C)ccc1CN. The van der Waals surface area contributed by atoms with E-state index in [4.69, 9.17) is 5.73 Å². The smallest absolute Gasteiger partial charge is 0.0189 e. The molecular formula is C15H25NS. The van der Waals surface area contributed by atoms with Gasteiger partial charge in [0.25, 0.3) is 0 Å². The number of rotatable bonds is 5. The van der Waals surface area contributed by atoms with E-state index in [9.17, 15) is 0 Å². The number of nitrogens with two attached hydrogens (primary N) is 1. The second kappa shape index (κ2) is 6.46. The van der Waals surface area contributed by atoms with Crippen LogP contribution in [0.5, 0.6) is 0 Å². The van der Waals surface area contributed by atoms with E-state index in [1.807, 2.05) is 11.8 Å². The van der Waals surface area contributed by atoms with Crippen molar-refractivity contribution in [2.24, 2.45) is 5.73 Å². The van der Waals surface area contributed by atoms with Crippen molar-refractivity contribution < 1.29 is 0 Å². The van der Waals surface area contributed by atoms with Gasteiger partial charge in [0.05, 0.1) is 0 Å². The molecule has 1 nitrogen and oxygen atoms in total. The summed E-state index contributed by atoms with van der Waals surface area (Å²) in [4.78, 5) is 1.37. The second-order valence-electron chi connectivity index (χ2n) is 5.48. The van der Waals surface area contributed by atoms with Crippen LogP contribution in [0.25, 0.3) is 0 Å². The summed E-state index contributed by atoms with van der Waals surface area (Å²) >= 11 is 1.95. The van der Waals surface area contributed by atoms with Crippen molar-refractivity contribution >= 4 is 11.8 Å². The first-order valence-corrected chi connectivity index (χ1v) is 7.44. The number of benzene rings is 1. The predicted molar refractivity (Wildman–Crippen MR) is 78.7 cm³/mol. The van der Waals surface area contributed by atoms with Crippen LogP contribution < -0.4 is 5.73 Å². The largest absolute Gasteiger partial charge is 0.326 e. The van der Waals surface area contributed by atoms with Gasteiger partial charge in [-0.3, -0.25) is 0 Å². The molecule has 0 aromatic heterocycles. The molecular weight excluding hydrogens is 226 g/mol. The molecule has 0 aliphatic carbocycles. The average molecular weight is 251 g/mol. The molecule has 0 bridgehead atoms. The molecule has 96 valence electrons. The molecule has 0 radical (unpaired) electrons. The highest BCUT2D eigenvalue weighted by atomic mass is 32.2. The van der Waals surface area contributed by atoms with E-state index >= 15 is 0 Å². The van der Waals surface area contributed by atoms with Crippen molar-refractivity contribution in [3.8, 4) is 0 Å². The highest BCUT2D eigenvalue weighted by Gasteiger charge is 2.15. The normalized spacial score (nSPS) is 11.8. The Kier molecular flexibility index (Phi) is 5.54. The van der Waals surface area contributed by atoms with Gasteiger partial charge in [-0.05, 0) is 34.8 Å². The van der Waals surface area contributed by atoms with Crippen molar-refractivity contribution in [2.45, 2.75) is 57.4 Å². The quantitative estimate of drug-likeness (QED) is 0.622. The minimum atomic E-state index is 0.215. The van der Waals surface area contributed by atoms with Gasteiger partial charge in [-0.25, -0.2) is 0 Å². The van der Waals surface area contributed by atoms with Gasteiger partial charge in [0.1, 0.15) is 0 Å². The fraction of sp³-hybridized carbons (Fsp3) is 0.600. The van der Waals surface area contributed by atoms with Crippen LogP contribution >= 0.6 is 11.8 Å². The van der Waals surface area contributed by atoms with E-state index in [0.29, 0.717) is 6.54 Å². The standard InChI is InChI=1S/C15H25NS/c1-5-6-9-17-14-10-13(15(2,3)4)8-7-12(14)11-16/h7-8,10H,5-6,9,11,16H2,1-4H3. The fourth-order valence-electron chi connectivity index (χ4n) is 1.65. The molecule has 0 fully saturated rings. The Labute approximate surface area is 110 Å². The summed E-state index contributed by atoms with van der Waals surface area (Å²) < 4.78 is 0. The van der Waals surface area contributed by atoms with E-state index < -0.39 is 0 Å². The molecule has 17 heavy (non-hydrogen) atoms. The molecule has 1 aromatic carbocycles. The highest BCUT2D eigenvalue weighted by Crippen LogP contribution is 2.30. The zero-order valence-corrected chi connectivity index (χ0v) is 12.4. The van der Waals surface area contributed by atoms with Gasteiger partial charge in [-0.15, -0.1) is 11.8 Å². The zero-order valence-electron chi connectivity index (χ0n) is 11.5. The molecule has 2 heteroatoms. The molecule has 0 spiro atoms. The van der Waals surface area contributed by atoms with Crippen LogP contribution in [0.1, 0.15) is 51.7 Å². The lowest BCUT2D eigenvalue weighted by atomic mass is 9.86. The lowest BCUT2D eigenvalue weighted by Crippen LogP contribution is -2.12. The lowest BCUT2D eigenvalue weighted by Gasteiger charge is -2.21. The zero-order chi connectivity index (χ0) is 12.9. The van der Waals surface area contributed by atoms with Gasteiger partial charge < -0.3 is 5.73 Å². The van der Waals surface area contributed by atoms with E-state index in [-0.39, 0.29) is 5.41 Å². The first-order chi connectivity index (χ1) is 7.99. The fourth-order valence-corrected chi connectivity index (χ4v) is 2.85. The summed E-state index contributed by atoms with van der Waals surface area (Å²) in [5.74, 6) is 1.19. The molecule has 0 aliphatic heterocycles. The molecule has 1 rings (SSSR count). The Hall–Kier alpha value is -0.470. The topological polar surface area (TPSA) is 26.0 Å². The van der Waals surface area contributed by atoms with Gasteiger partial charge in [-0.1, -0.05) is 46.2 Å². The lowest BCUT2D eigenvalue weighted by molar-refractivity contribution is 0.588. The monoisotopic (exact) mass is 251 g/mol. The van der Waals surface area contributed by atoms with Crippen molar-refractivity contribution in [3.05, 3.63) is 29.3 Å². The molecule has 0 heterocycles. The number of hydrogen-bond donors (Lipinski definition) is 1. The third-order valence-corrected chi connectivity index (χ3v) is 4.09. The van der Waals surface area contributed by atoms with Crippen LogP contribution in [-0.4, -0.2) is 5.75 Å². The van der Waals surface area contributed by atoms with E-state index in [1.54, 1.807) is 0 Å². The van der Waals surface area contributed by atoms with Gasteiger partial charge in [0.2, 0.25) is 0 Å². The van der Waals surface area contributed by atoms with Crippen molar-refractivity contribution in [1.29, 1.82) is 0 Å². The van der Waals surface area contributed by atoms with E-state index in [0.717, 1.165) is 0 Å². The molecule has 1 aromatic rings. The summed E-state index contributed by atoms with van der Waals surface area (Å²) in [6.07, 6.45) is 2.53. The molecule has 0 unspecified atom stereocenters. The highest BCUT2D eigenvalue weighted by molar-refractivity contribution is 7.99. The van der Waals surface area contributed by atoms with E-state index in [2.05, 4.69) is 45.9 Å². The summed E-state index contributed by atoms with van der Waals surface area (Å²) in [5.41, 5.74) is 8.69. The van der Waals surface area contributed by atoms with Crippen LogP contribution in [0, 0.1) is 0 Å². The molecule has 0 saturated heterocycles. The Bertz CT molecular complexity index is 352. The van der Waals surface area contributed by atoms with Gasteiger partial charge in [-0.2, -0.15) is 0 Å². The predicted octanol–water partition coefficient (Wildman–Crippen LogP) is 4.34. The number of thioether (sulfide) groups is 1. The van der Waals surface area contributed by atoms with Crippen LogP contribution in [0.2, 0.25) is 0 Å². The third kappa shape index (κ3) is 4.36. The van der Waals surface area contributed by atoms with E-state index in [1.165, 1.54) is 34.6 Å². The van der Waals surface area contributed by atoms with Gasteiger partial charge >= 0.3 is 0 Å². The molecule has 0 aliphatic rings. The number of hydrogen-bond acceptors (Lipinski definition) is 2. The van der Waals surface area contributed by atoms with Gasteiger partial charge in [0.15, 0.2) is 0 Å². The van der Waals surface area contributed by atoms with Gasteiger partial charge in [0, 0.05) is 11.4 Å². The first-order valence-electron chi connectivity index (χ1n) is 6.45. The maximum Gasteiger partial charge on any atom is 0.0189 e.